The normalized spacial score (nSPS) is 17.3. The molecule has 150 valence electrons. The zero-order valence-corrected chi connectivity index (χ0v) is 17.2. The first kappa shape index (κ1) is 23.1. The molecular formula is C15H25ClFN3O4S2. The lowest BCUT2D eigenvalue weighted by molar-refractivity contribution is 0.232. The van der Waals surface area contributed by atoms with Crippen molar-refractivity contribution in [1.29, 1.82) is 0 Å². The number of benzene rings is 1. The largest absolute Gasteiger partial charge is 0.317 e. The zero-order valence-electron chi connectivity index (χ0n) is 14.7. The Labute approximate surface area is 160 Å². The van der Waals surface area contributed by atoms with Crippen LogP contribution >= 0.6 is 12.4 Å². The summed E-state index contributed by atoms with van der Waals surface area (Å²) in [6, 6.07) is 3.12. The summed E-state index contributed by atoms with van der Waals surface area (Å²) in [4.78, 5) is -0.234. The SMILES string of the molecule is CCS(=O)(=O)Nc1ccc(S(=O)(=O)NCC2(C)CCNCC2)cc1F.Cl. The van der Waals surface area contributed by atoms with Gasteiger partial charge in [0, 0.05) is 6.54 Å². The average Bonchev–Trinajstić information content (AvgIpc) is 2.56. The Kier molecular flexibility index (Phi) is 7.85. The van der Waals surface area contributed by atoms with Gasteiger partial charge in [-0.25, -0.2) is 25.9 Å². The van der Waals surface area contributed by atoms with E-state index in [0.29, 0.717) is 0 Å². The predicted molar refractivity (Wildman–Crippen MR) is 102 cm³/mol. The summed E-state index contributed by atoms with van der Waals surface area (Å²) in [5.74, 6) is -1.14. The van der Waals surface area contributed by atoms with Crippen LogP contribution in [0.25, 0.3) is 0 Å². The Bertz CT molecular complexity index is 825. The van der Waals surface area contributed by atoms with E-state index in [2.05, 4.69) is 14.8 Å². The second-order valence-corrected chi connectivity index (χ2v) is 10.3. The molecule has 0 unspecified atom stereocenters. The molecule has 0 atom stereocenters. The lowest BCUT2D eigenvalue weighted by Crippen LogP contribution is -2.42. The smallest absolute Gasteiger partial charge is 0.240 e. The summed E-state index contributed by atoms with van der Waals surface area (Å²) in [6.45, 7) is 5.37. The number of halogens is 2. The van der Waals surface area contributed by atoms with Crippen molar-refractivity contribution in [2.75, 3.05) is 30.1 Å². The maximum absolute atomic E-state index is 14.1. The first-order chi connectivity index (χ1) is 11.6. The summed E-state index contributed by atoms with van der Waals surface area (Å²) in [5, 5.41) is 3.22. The lowest BCUT2D eigenvalue weighted by atomic mass is 9.81. The molecule has 0 amide bonds. The van der Waals surface area contributed by atoms with E-state index in [-0.39, 0.29) is 40.7 Å². The Morgan fingerprint density at radius 2 is 1.81 bits per heavy atom. The van der Waals surface area contributed by atoms with Crippen LogP contribution in [0.3, 0.4) is 0 Å². The van der Waals surface area contributed by atoms with Crippen LogP contribution in [0.4, 0.5) is 10.1 Å². The Morgan fingerprint density at radius 1 is 1.19 bits per heavy atom. The molecule has 11 heteroatoms. The van der Waals surface area contributed by atoms with E-state index < -0.39 is 25.9 Å². The molecule has 2 rings (SSSR count). The van der Waals surface area contributed by atoms with Crippen molar-refractivity contribution in [2.24, 2.45) is 5.41 Å². The summed E-state index contributed by atoms with van der Waals surface area (Å²) in [5.41, 5.74) is -0.417. The second-order valence-electron chi connectivity index (χ2n) is 6.53. The minimum atomic E-state index is -3.87. The number of piperidine rings is 1. The second kappa shape index (κ2) is 8.83. The molecule has 3 N–H and O–H groups in total. The highest BCUT2D eigenvalue weighted by molar-refractivity contribution is 7.92. The van der Waals surface area contributed by atoms with Gasteiger partial charge in [0.2, 0.25) is 20.0 Å². The molecule has 0 aliphatic carbocycles. The Morgan fingerprint density at radius 3 is 2.35 bits per heavy atom. The van der Waals surface area contributed by atoms with Crippen molar-refractivity contribution in [3.05, 3.63) is 24.0 Å². The van der Waals surface area contributed by atoms with Gasteiger partial charge in [0.05, 0.1) is 16.3 Å². The third-order valence-electron chi connectivity index (χ3n) is 4.40. The minimum absolute atomic E-state index is 0. The number of anilines is 1. The van der Waals surface area contributed by atoms with E-state index in [1.165, 1.54) is 13.0 Å². The fourth-order valence-electron chi connectivity index (χ4n) is 2.55. The fourth-order valence-corrected chi connectivity index (χ4v) is 4.40. The molecule has 0 radical (unpaired) electrons. The first-order valence-corrected chi connectivity index (χ1v) is 11.2. The zero-order chi connectivity index (χ0) is 18.7. The molecule has 0 spiro atoms. The van der Waals surface area contributed by atoms with Gasteiger partial charge in [0.25, 0.3) is 0 Å². The van der Waals surface area contributed by atoms with E-state index in [0.717, 1.165) is 38.1 Å². The maximum atomic E-state index is 14.1. The Balaban J connectivity index is 0.00000338. The molecule has 1 aliphatic rings. The van der Waals surface area contributed by atoms with Crippen LogP contribution in [0, 0.1) is 11.2 Å². The van der Waals surface area contributed by atoms with Crippen molar-refractivity contribution < 1.29 is 21.2 Å². The molecule has 0 aromatic heterocycles. The van der Waals surface area contributed by atoms with Crippen LogP contribution in [0.15, 0.2) is 23.1 Å². The third-order valence-corrected chi connectivity index (χ3v) is 7.09. The van der Waals surface area contributed by atoms with Gasteiger partial charge >= 0.3 is 0 Å². The van der Waals surface area contributed by atoms with Gasteiger partial charge in [-0.05, 0) is 56.5 Å². The minimum Gasteiger partial charge on any atom is -0.317 e. The van der Waals surface area contributed by atoms with Crippen LogP contribution in [0.5, 0.6) is 0 Å². The Hall–Kier alpha value is -0.940. The first-order valence-electron chi connectivity index (χ1n) is 8.07. The van der Waals surface area contributed by atoms with Crippen molar-refractivity contribution >= 4 is 38.1 Å². The molecule has 0 saturated carbocycles. The van der Waals surface area contributed by atoms with Gasteiger partial charge in [-0.3, -0.25) is 4.72 Å². The molecule has 1 fully saturated rings. The maximum Gasteiger partial charge on any atom is 0.240 e. The van der Waals surface area contributed by atoms with Crippen LogP contribution in [-0.4, -0.2) is 42.2 Å². The highest BCUT2D eigenvalue weighted by atomic mass is 35.5. The van der Waals surface area contributed by atoms with Crippen molar-refractivity contribution in [3.63, 3.8) is 0 Å². The fraction of sp³-hybridized carbons (Fsp3) is 0.600. The molecule has 0 bridgehead atoms. The molecule has 1 aromatic rings. The van der Waals surface area contributed by atoms with Crippen LogP contribution in [0.1, 0.15) is 26.7 Å². The predicted octanol–water partition coefficient (Wildman–Crippen LogP) is 1.68. The third kappa shape index (κ3) is 6.05. The molecule has 1 aromatic carbocycles. The molecule has 1 aliphatic heterocycles. The van der Waals surface area contributed by atoms with Gasteiger partial charge in [0.15, 0.2) is 0 Å². The molecule has 7 nitrogen and oxygen atoms in total. The number of nitrogens with one attached hydrogen (secondary N) is 3. The van der Waals surface area contributed by atoms with Crippen LogP contribution in [0.2, 0.25) is 0 Å². The average molecular weight is 430 g/mol. The quantitative estimate of drug-likeness (QED) is 0.611. The highest BCUT2D eigenvalue weighted by Gasteiger charge is 2.29. The van der Waals surface area contributed by atoms with E-state index in [1.807, 2.05) is 6.92 Å². The lowest BCUT2D eigenvalue weighted by Gasteiger charge is -2.34. The summed E-state index contributed by atoms with van der Waals surface area (Å²) in [7, 11) is -7.51. The standard InChI is InChI=1S/C15H24FN3O4S2.ClH/c1-3-24(20,21)19-14-5-4-12(10-13(14)16)25(22,23)18-11-15(2)6-8-17-9-7-15;/h4-5,10,17-19H,3,6-9,11H2,1-2H3;1H. The monoisotopic (exact) mass is 429 g/mol. The van der Waals surface area contributed by atoms with Crippen molar-refractivity contribution in [1.82, 2.24) is 10.0 Å². The topological polar surface area (TPSA) is 104 Å². The number of rotatable bonds is 7. The van der Waals surface area contributed by atoms with Crippen LogP contribution in [-0.2, 0) is 20.0 Å². The van der Waals surface area contributed by atoms with Gasteiger partial charge < -0.3 is 5.32 Å². The van der Waals surface area contributed by atoms with Gasteiger partial charge in [-0.2, -0.15) is 0 Å². The van der Waals surface area contributed by atoms with E-state index in [4.69, 9.17) is 0 Å². The molecule has 26 heavy (non-hydrogen) atoms. The van der Waals surface area contributed by atoms with Gasteiger partial charge in [-0.1, -0.05) is 6.92 Å². The highest BCUT2D eigenvalue weighted by Crippen LogP contribution is 2.27. The molecule has 1 heterocycles. The van der Waals surface area contributed by atoms with Crippen LogP contribution < -0.4 is 14.8 Å². The van der Waals surface area contributed by atoms with Gasteiger partial charge in [-0.15, -0.1) is 12.4 Å². The van der Waals surface area contributed by atoms with Crippen molar-refractivity contribution in [3.8, 4) is 0 Å². The summed E-state index contributed by atoms with van der Waals surface area (Å²) < 4.78 is 66.5. The van der Waals surface area contributed by atoms with E-state index in [1.54, 1.807) is 0 Å². The van der Waals surface area contributed by atoms with Crippen molar-refractivity contribution in [2.45, 2.75) is 31.6 Å². The van der Waals surface area contributed by atoms with E-state index >= 15 is 0 Å². The summed E-state index contributed by atoms with van der Waals surface area (Å²) >= 11 is 0. The number of hydrogen-bond donors (Lipinski definition) is 3. The number of sulfonamides is 2. The summed E-state index contributed by atoms with van der Waals surface area (Å²) in [6.07, 6.45) is 1.70. The number of hydrogen-bond acceptors (Lipinski definition) is 5. The molecular weight excluding hydrogens is 405 g/mol. The molecule has 1 saturated heterocycles. The van der Waals surface area contributed by atoms with Gasteiger partial charge in [0.1, 0.15) is 5.82 Å². The van der Waals surface area contributed by atoms with E-state index in [9.17, 15) is 21.2 Å².